The molecule has 1 N–H and O–H groups in total. The van der Waals surface area contributed by atoms with E-state index in [0.717, 1.165) is 19.3 Å². The number of likely N-dealkylation sites (tertiary alicyclic amines) is 1. The van der Waals surface area contributed by atoms with Gasteiger partial charge in [-0.15, -0.1) is 0 Å². The summed E-state index contributed by atoms with van der Waals surface area (Å²) in [5.74, 6) is 0.672. The van der Waals surface area contributed by atoms with Crippen LogP contribution in [0, 0.1) is 23.7 Å². The molecule has 5 aliphatic rings. The van der Waals surface area contributed by atoms with E-state index in [9.17, 15) is 9.59 Å². The minimum atomic E-state index is -0.343. The van der Waals surface area contributed by atoms with Crippen molar-refractivity contribution in [1.29, 1.82) is 0 Å². The number of carbonyl (C=O) groups excluding carboxylic acids is 2. The van der Waals surface area contributed by atoms with Gasteiger partial charge in [-0.1, -0.05) is 11.6 Å². The van der Waals surface area contributed by atoms with Crippen molar-refractivity contribution in [3.05, 3.63) is 11.6 Å². The number of methoxy groups -OCH3 is 1. The highest BCUT2D eigenvalue weighted by Gasteiger charge is 2.72. The summed E-state index contributed by atoms with van der Waals surface area (Å²) in [6.45, 7) is 8.23. The lowest BCUT2D eigenvalue weighted by Crippen LogP contribution is -2.56. The topological polar surface area (TPSA) is 92.9 Å². The van der Waals surface area contributed by atoms with E-state index in [1.165, 1.54) is 5.57 Å². The van der Waals surface area contributed by atoms with Gasteiger partial charge in [0.05, 0.1) is 18.6 Å². The van der Waals surface area contributed by atoms with Gasteiger partial charge in [-0.25, -0.2) is 4.79 Å². The number of fused-ring (bicyclic) bond motifs is 1. The molecule has 2 aliphatic carbocycles. The van der Waals surface area contributed by atoms with Crippen LogP contribution in [0.4, 0.5) is 4.79 Å². The zero-order valence-corrected chi connectivity index (χ0v) is 19.8. The van der Waals surface area contributed by atoms with Crippen molar-refractivity contribution < 1.29 is 28.5 Å². The van der Waals surface area contributed by atoms with Crippen LogP contribution in [0.3, 0.4) is 0 Å². The molecule has 5 rings (SSSR count). The molecule has 0 bridgehead atoms. The van der Waals surface area contributed by atoms with Crippen LogP contribution in [0.1, 0.15) is 40.0 Å². The zero-order chi connectivity index (χ0) is 22.8. The number of nitrogens with one attached hydrogen (secondary N) is 1. The molecule has 1 spiro atoms. The maximum Gasteiger partial charge on any atom is 0.410 e. The molecule has 8 heteroatoms. The fraction of sp³-hybridized carbons (Fsp3) is 0.833. The molecule has 2 saturated carbocycles. The lowest BCUT2D eigenvalue weighted by Gasteiger charge is -2.43. The molecule has 32 heavy (non-hydrogen) atoms. The quantitative estimate of drug-likeness (QED) is 0.494. The minimum absolute atomic E-state index is 0.0201. The van der Waals surface area contributed by atoms with Gasteiger partial charge in [-0.05, 0) is 51.9 Å². The number of hydrogen-bond donors (Lipinski definition) is 1. The molecule has 9 atom stereocenters. The third-order valence-electron chi connectivity index (χ3n) is 8.49. The molecular formula is C24H36N2O6. The van der Waals surface area contributed by atoms with Crippen molar-refractivity contribution in [2.24, 2.45) is 23.7 Å². The molecule has 3 heterocycles. The summed E-state index contributed by atoms with van der Waals surface area (Å²) in [6.07, 6.45) is 3.87. The molecule has 2 amide bonds. The molecule has 0 radical (unpaired) electrons. The van der Waals surface area contributed by atoms with Crippen molar-refractivity contribution in [2.75, 3.05) is 33.9 Å². The van der Waals surface area contributed by atoms with Crippen LogP contribution in [-0.2, 0) is 23.7 Å². The molecule has 0 aromatic heterocycles. The largest absolute Gasteiger partial charge is 0.443 e. The normalized spacial score (nSPS) is 45.8. The smallest absolute Gasteiger partial charge is 0.410 e. The van der Waals surface area contributed by atoms with Crippen LogP contribution in [0.25, 0.3) is 0 Å². The molecule has 0 aromatic carbocycles. The highest BCUT2D eigenvalue weighted by atomic mass is 16.6. The average Bonchev–Trinajstić information content (AvgIpc) is 3.72. The molecule has 0 aromatic rings. The average molecular weight is 449 g/mol. The first-order chi connectivity index (χ1) is 15.2. The predicted molar refractivity (Wildman–Crippen MR) is 116 cm³/mol. The van der Waals surface area contributed by atoms with E-state index in [1.807, 2.05) is 0 Å². The second kappa shape index (κ2) is 7.71. The van der Waals surface area contributed by atoms with E-state index in [1.54, 1.807) is 19.1 Å². The SMILES string of the molecule is CNC(=O)C1[C@H]2CN(C(=O)O[C@@H]3CC[C@]4(CO4)[C@@H]([C@@]4(C)O[C@@H]4CC=C(C)C)[C@@H]3OC)C[C@@H]12. The fourth-order valence-electron chi connectivity index (χ4n) is 6.51. The van der Waals surface area contributed by atoms with Gasteiger partial charge in [0.1, 0.15) is 23.4 Å². The second-order valence-corrected chi connectivity index (χ2v) is 10.7. The Hall–Kier alpha value is -1.64. The van der Waals surface area contributed by atoms with Gasteiger partial charge in [0.25, 0.3) is 0 Å². The Balaban J connectivity index is 1.23. The molecular weight excluding hydrogens is 412 g/mol. The number of allylic oxidation sites excluding steroid dienone is 1. The van der Waals surface area contributed by atoms with E-state index in [0.29, 0.717) is 19.7 Å². The van der Waals surface area contributed by atoms with Crippen molar-refractivity contribution >= 4 is 12.0 Å². The lowest BCUT2D eigenvalue weighted by molar-refractivity contribution is -0.123. The molecule has 5 fully saturated rings. The number of nitrogens with zero attached hydrogens (tertiary/aromatic N) is 1. The monoisotopic (exact) mass is 448 g/mol. The Morgan fingerprint density at radius 3 is 2.50 bits per heavy atom. The number of hydrogen-bond acceptors (Lipinski definition) is 6. The summed E-state index contributed by atoms with van der Waals surface area (Å²) in [5, 5.41) is 2.72. The van der Waals surface area contributed by atoms with Crippen molar-refractivity contribution in [3.8, 4) is 0 Å². The van der Waals surface area contributed by atoms with Gasteiger partial charge in [-0.2, -0.15) is 0 Å². The van der Waals surface area contributed by atoms with E-state index in [-0.39, 0.29) is 65.2 Å². The number of ether oxygens (including phenoxy) is 4. The molecule has 1 unspecified atom stereocenters. The molecule has 3 aliphatic heterocycles. The second-order valence-electron chi connectivity index (χ2n) is 10.7. The van der Waals surface area contributed by atoms with Crippen molar-refractivity contribution in [3.63, 3.8) is 0 Å². The first-order valence-corrected chi connectivity index (χ1v) is 11.9. The van der Waals surface area contributed by atoms with Gasteiger partial charge < -0.3 is 29.2 Å². The summed E-state index contributed by atoms with van der Waals surface area (Å²) in [6, 6.07) is 0. The third-order valence-corrected chi connectivity index (χ3v) is 8.49. The Labute approximate surface area is 190 Å². The maximum absolute atomic E-state index is 13.0. The zero-order valence-electron chi connectivity index (χ0n) is 19.8. The van der Waals surface area contributed by atoms with Gasteiger partial charge in [0.15, 0.2) is 0 Å². The standard InChI is InChI=1S/C24H36N2O6/c1-13(2)6-7-17-23(3,32-17)20-19(29-5)16(8-9-24(20)12-30-24)31-22(28)26-10-14-15(11-26)18(14)21(27)25-4/h6,14-20H,7-12H2,1-5H3,(H,25,27)/t14-,15+,16-,17-,18?,19-,20-,23+,24+/m1/s1. The first-order valence-electron chi connectivity index (χ1n) is 11.9. The third kappa shape index (κ3) is 3.55. The molecule has 178 valence electrons. The highest BCUT2D eigenvalue weighted by Crippen LogP contribution is 2.60. The summed E-state index contributed by atoms with van der Waals surface area (Å²) < 4.78 is 24.2. The number of rotatable bonds is 6. The van der Waals surface area contributed by atoms with Gasteiger partial charge in [-0.3, -0.25) is 4.79 Å². The van der Waals surface area contributed by atoms with Gasteiger partial charge in [0, 0.05) is 33.2 Å². The Kier molecular flexibility index (Phi) is 5.34. The number of piperidine rings is 1. The van der Waals surface area contributed by atoms with Crippen LogP contribution in [0.5, 0.6) is 0 Å². The highest BCUT2D eigenvalue weighted by molar-refractivity contribution is 5.83. The van der Waals surface area contributed by atoms with Crippen LogP contribution in [0.15, 0.2) is 11.6 Å². The van der Waals surface area contributed by atoms with Gasteiger partial charge >= 0.3 is 6.09 Å². The summed E-state index contributed by atoms with van der Waals surface area (Å²) >= 11 is 0. The predicted octanol–water partition coefficient (Wildman–Crippen LogP) is 2.12. The Morgan fingerprint density at radius 1 is 1.25 bits per heavy atom. The van der Waals surface area contributed by atoms with Crippen molar-refractivity contribution in [1.82, 2.24) is 10.2 Å². The maximum atomic E-state index is 13.0. The van der Waals surface area contributed by atoms with Crippen LogP contribution in [-0.4, -0.2) is 80.3 Å². The van der Waals surface area contributed by atoms with Crippen LogP contribution < -0.4 is 5.32 Å². The summed E-state index contributed by atoms with van der Waals surface area (Å²) in [7, 11) is 3.35. The molecule has 3 saturated heterocycles. The van der Waals surface area contributed by atoms with E-state index in [4.69, 9.17) is 18.9 Å². The number of amides is 2. The number of epoxide rings is 2. The summed E-state index contributed by atoms with van der Waals surface area (Å²) in [4.78, 5) is 26.6. The fourth-order valence-corrected chi connectivity index (χ4v) is 6.51. The van der Waals surface area contributed by atoms with Gasteiger partial charge in [0.2, 0.25) is 5.91 Å². The molecule has 8 nitrogen and oxygen atoms in total. The number of carbonyl (C=O) groups is 2. The van der Waals surface area contributed by atoms with Crippen LogP contribution >= 0.6 is 0 Å². The van der Waals surface area contributed by atoms with E-state index >= 15 is 0 Å². The van der Waals surface area contributed by atoms with Crippen molar-refractivity contribution in [2.45, 2.75) is 69.5 Å². The lowest BCUT2D eigenvalue weighted by atomic mass is 9.68. The summed E-state index contributed by atoms with van der Waals surface area (Å²) in [5.41, 5.74) is 0.708. The van der Waals surface area contributed by atoms with Crippen LogP contribution in [0.2, 0.25) is 0 Å². The Bertz CT molecular complexity index is 809. The Morgan fingerprint density at radius 2 is 1.94 bits per heavy atom. The van der Waals surface area contributed by atoms with E-state index in [2.05, 4.69) is 32.2 Å². The minimum Gasteiger partial charge on any atom is -0.443 e. The van der Waals surface area contributed by atoms with E-state index < -0.39 is 0 Å². The first kappa shape index (κ1) is 22.2.